The zero-order valence-corrected chi connectivity index (χ0v) is 12.8. The number of hydrogen-bond donors (Lipinski definition) is 1. The lowest BCUT2D eigenvalue weighted by atomic mass is 10.3. The Kier molecular flexibility index (Phi) is 4.82. The first-order valence-electron chi connectivity index (χ1n) is 7.62. The lowest BCUT2D eigenvalue weighted by Gasteiger charge is -2.34. The molecule has 23 heavy (non-hydrogen) atoms. The van der Waals surface area contributed by atoms with Crippen molar-refractivity contribution in [2.24, 2.45) is 0 Å². The number of carbonyl (C=O) groups is 1. The Hall–Kier alpha value is -2.48. The summed E-state index contributed by atoms with van der Waals surface area (Å²) in [5.41, 5.74) is 0. The first-order valence-corrected chi connectivity index (χ1v) is 7.62. The van der Waals surface area contributed by atoms with Crippen LogP contribution in [0.5, 0.6) is 0 Å². The number of pyridine rings is 1. The van der Waals surface area contributed by atoms with Crippen LogP contribution in [0.2, 0.25) is 0 Å². The highest BCUT2D eigenvalue weighted by Gasteiger charge is 2.19. The predicted molar refractivity (Wildman–Crippen MR) is 82.0 cm³/mol. The first kappa shape index (κ1) is 15.4. The minimum Gasteiger partial charge on any atom is -0.481 e. The number of aromatic nitrogens is 3. The van der Waals surface area contributed by atoms with E-state index in [1.807, 2.05) is 18.2 Å². The van der Waals surface area contributed by atoms with Crippen molar-refractivity contribution in [3.63, 3.8) is 0 Å². The molecule has 0 atom stereocenters. The lowest BCUT2D eigenvalue weighted by Crippen LogP contribution is -2.46. The molecule has 3 rings (SSSR count). The number of nitrogens with zero attached hydrogens (tertiary/aromatic N) is 5. The fraction of sp³-hybridized carbons (Fsp3) is 0.467. The Balaban J connectivity index is 1.48. The van der Waals surface area contributed by atoms with Crippen LogP contribution in [0, 0.1) is 0 Å². The molecule has 0 bridgehead atoms. The summed E-state index contributed by atoms with van der Waals surface area (Å²) in [5, 5.41) is 12.6. The highest BCUT2D eigenvalue weighted by Crippen LogP contribution is 2.13. The van der Waals surface area contributed by atoms with E-state index in [-0.39, 0.29) is 12.8 Å². The van der Waals surface area contributed by atoms with Gasteiger partial charge in [0.2, 0.25) is 5.89 Å². The monoisotopic (exact) mass is 317 g/mol. The van der Waals surface area contributed by atoms with Gasteiger partial charge in [0.25, 0.3) is 0 Å². The molecule has 2 aromatic rings. The van der Waals surface area contributed by atoms with E-state index in [0.717, 1.165) is 32.0 Å². The van der Waals surface area contributed by atoms with Crippen LogP contribution in [0.1, 0.15) is 18.1 Å². The molecule has 0 unspecified atom stereocenters. The topological polar surface area (TPSA) is 95.6 Å². The van der Waals surface area contributed by atoms with Crippen LogP contribution in [0.3, 0.4) is 0 Å². The van der Waals surface area contributed by atoms with E-state index in [1.165, 1.54) is 0 Å². The van der Waals surface area contributed by atoms with Gasteiger partial charge in [-0.25, -0.2) is 4.98 Å². The van der Waals surface area contributed by atoms with Gasteiger partial charge in [-0.2, -0.15) is 4.98 Å². The zero-order valence-electron chi connectivity index (χ0n) is 12.8. The molecule has 8 heteroatoms. The fourth-order valence-corrected chi connectivity index (χ4v) is 2.55. The van der Waals surface area contributed by atoms with Crippen molar-refractivity contribution in [3.8, 4) is 0 Å². The number of rotatable bonds is 6. The van der Waals surface area contributed by atoms with E-state index in [9.17, 15) is 4.79 Å². The molecule has 0 spiro atoms. The third kappa shape index (κ3) is 4.26. The predicted octanol–water partition coefficient (Wildman–Crippen LogP) is 0.804. The van der Waals surface area contributed by atoms with E-state index < -0.39 is 5.97 Å². The van der Waals surface area contributed by atoms with Gasteiger partial charge in [-0.05, 0) is 12.1 Å². The largest absolute Gasteiger partial charge is 0.481 e. The van der Waals surface area contributed by atoms with Crippen molar-refractivity contribution in [3.05, 3.63) is 36.1 Å². The SMILES string of the molecule is O=C(O)CCc1nc(CN2CCN(c3ccccn3)CC2)no1. The van der Waals surface area contributed by atoms with Gasteiger partial charge in [0.1, 0.15) is 5.82 Å². The second kappa shape index (κ2) is 7.19. The first-order chi connectivity index (χ1) is 11.2. The highest BCUT2D eigenvalue weighted by atomic mass is 16.5. The summed E-state index contributed by atoms with van der Waals surface area (Å²) >= 11 is 0. The summed E-state index contributed by atoms with van der Waals surface area (Å²) in [6.45, 7) is 4.22. The smallest absolute Gasteiger partial charge is 0.303 e. The summed E-state index contributed by atoms with van der Waals surface area (Å²) in [7, 11) is 0. The van der Waals surface area contributed by atoms with Gasteiger partial charge in [0.15, 0.2) is 5.82 Å². The van der Waals surface area contributed by atoms with Gasteiger partial charge in [-0.3, -0.25) is 9.69 Å². The number of anilines is 1. The van der Waals surface area contributed by atoms with Crippen LogP contribution in [0.4, 0.5) is 5.82 Å². The standard InChI is InChI=1S/C15H19N5O3/c21-15(22)5-4-14-17-12(18-23-14)11-19-7-9-20(10-8-19)13-3-1-2-6-16-13/h1-3,6H,4-5,7-11H2,(H,21,22). The molecule has 2 aromatic heterocycles. The maximum absolute atomic E-state index is 10.5. The molecule has 1 aliphatic rings. The number of aryl methyl sites for hydroxylation is 1. The summed E-state index contributed by atoms with van der Waals surface area (Å²) in [5.74, 6) is 1.13. The maximum atomic E-state index is 10.5. The number of carboxylic acid groups (broad SMARTS) is 1. The third-order valence-electron chi connectivity index (χ3n) is 3.77. The number of hydrogen-bond acceptors (Lipinski definition) is 7. The van der Waals surface area contributed by atoms with Crippen molar-refractivity contribution in [2.45, 2.75) is 19.4 Å². The molecule has 0 radical (unpaired) electrons. The molecule has 1 N–H and O–H groups in total. The maximum Gasteiger partial charge on any atom is 0.303 e. The molecular formula is C15H19N5O3. The number of piperazine rings is 1. The Morgan fingerprint density at radius 3 is 2.78 bits per heavy atom. The van der Waals surface area contributed by atoms with Crippen LogP contribution in [-0.4, -0.2) is 57.3 Å². The molecule has 3 heterocycles. The minimum atomic E-state index is -0.865. The van der Waals surface area contributed by atoms with E-state index in [1.54, 1.807) is 6.20 Å². The van der Waals surface area contributed by atoms with Crippen LogP contribution in [-0.2, 0) is 17.8 Å². The molecule has 1 fully saturated rings. The van der Waals surface area contributed by atoms with Crippen LogP contribution >= 0.6 is 0 Å². The van der Waals surface area contributed by atoms with Gasteiger partial charge in [-0.15, -0.1) is 0 Å². The molecular weight excluding hydrogens is 298 g/mol. The van der Waals surface area contributed by atoms with Crippen molar-refractivity contribution < 1.29 is 14.4 Å². The van der Waals surface area contributed by atoms with E-state index in [0.29, 0.717) is 18.3 Å². The lowest BCUT2D eigenvalue weighted by molar-refractivity contribution is -0.137. The van der Waals surface area contributed by atoms with Crippen LogP contribution in [0.25, 0.3) is 0 Å². The zero-order chi connectivity index (χ0) is 16.1. The van der Waals surface area contributed by atoms with Crippen molar-refractivity contribution in [2.75, 3.05) is 31.1 Å². The normalized spacial score (nSPS) is 15.7. The average Bonchev–Trinajstić information content (AvgIpc) is 3.02. The van der Waals surface area contributed by atoms with Crippen molar-refractivity contribution in [1.29, 1.82) is 0 Å². The Morgan fingerprint density at radius 1 is 1.26 bits per heavy atom. The number of aliphatic carboxylic acids is 1. The number of carboxylic acids is 1. The third-order valence-corrected chi connectivity index (χ3v) is 3.77. The highest BCUT2D eigenvalue weighted by molar-refractivity contribution is 5.66. The van der Waals surface area contributed by atoms with Gasteiger partial charge in [0, 0.05) is 38.8 Å². The van der Waals surface area contributed by atoms with Crippen LogP contribution < -0.4 is 4.90 Å². The van der Waals surface area contributed by atoms with E-state index >= 15 is 0 Å². The molecule has 0 aliphatic carbocycles. The Bertz CT molecular complexity index is 638. The quantitative estimate of drug-likeness (QED) is 0.836. The second-order valence-corrected chi connectivity index (χ2v) is 5.45. The molecule has 1 aliphatic heterocycles. The molecule has 0 amide bonds. The van der Waals surface area contributed by atoms with Gasteiger partial charge < -0.3 is 14.5 Å². The van der Waals surface area contributed by atoms with Crippen molar-refractivity contribution in [1.82, 2.24) is 20.0 Å². The fourth-order valence-electron chi connectivity index (χ4n) is 2.55. The summed E-state index contributed by atoms with van der Waals surface area (Å²) < 4.78 is 5.08. The van der Waals surface area contributed by atoms with E-state index in [2.05, 4.69) is 24.9 Å². The van der Waals surface area contributed by atoms with Crippen LogP contribution in [0.15, 0.2) is 28.9 Å². The molecule has 1 saturated heterocycles. The Morgan fingerprint density at radius 2 is 2.09 bits per heavy atom. The van der Waals surface area contributed by atoms with Gasteiger partial charge in [0.05, 0.1) is 13.0 Å². The summed E-state index contributed by atoms with van der Waals surface area (Å²) in [4.78, 5) is 23.7. The van der Waals surface area contributed by atoms with Gasteiger partial charge >= 0.3 is 5.97 Å². The van der Waals surface area contributed by atoms with E-state index in [4.69, 9.17) is 9.63 Å². The average molecular weight is 317 g/mol. The summed E-state index contributed by atoms with van der Waals surface area (Å²) in [6, 6.07) is 5.92. The molecule has 8 nitrogen and oxygen atoms in total. The molecule has 0 saturated carbocycles. The minimum absolute atomic E-state index is 0.00435. The van der Waals surface area contributed by atoms with Crippen molar-refractivity contribution >= 4 is 11.8 Å². The Labute approximate surface area is 133 Å². The molecule has 0 aromatic carbocycles. The molecule has 122 valence electrons. The second-order valence-electron chi connectivity index (χ2n) is 5.45. The summed E-state index contributed by atoms with van der Waals surface area (Å²) in [6.07, 6.45) is 2.08. The van der Waals surface area contributed by atoms with Gasteiger partial charge in [-0.1, -0.05) is 11.2 Å².